The zero-order valence-corrected chi connectivity index (χ0v) is 12.7. The van der Waals surface area contributed by atoms with Crippen LogP contribution in [-0.2, 0) is 6.54 Å². The summed E-state index contributed by atoms with van der Waals surface area (Å²) in [6, 6.07) is 10.4. The molecule has 0 radical (unpaired) electrons. The van der Waals surface area contributed by atoms with Crippen LogP contribution < -0.4 is 10.1 Å². The first-order valence-electron chi connectivity index (χ1n) is 6.76. The Balaban J connectivity index is 1.70. The molecule has 3 rings (SSSR count). The van der Waals surface area contributed by atoms with E-state index < -0.39 is 5.82 Å². The van der Waals surface area contributed by atoms with Gasteiger partial charge in [-0.2, -0.15) is 0 Å². The van der Waals surface area contributed by atoms with Crippen LogP contribution in [0.4, 0.5) is 4.39 Å². The minimum absolute atomic E-state index is 0.0712. The third-order valence-corrected chi connectivity index (χ3v) is 3.97. The minimum atomic E-state index is -0.509. The molecule has 1 N–H and O–H groups in total. The van der Waals surface area contributed by atoms with Gasteiger partial charge in [0.1, 0.15) is 17.3 Å². The van der Waals surface area contributed by atoms with Crippen molar-refractivity contribution < 1.29 is 9.13 Å². The first kappa shape index (κ1) is 14.6. The second-order valence-electron chi connectivity index (χ2n) is 5.09. The average Bonchev–Trinajstić information content (AvgIpc) is 3.26. The van der Waals surface area contributed by atoms with Crippen LogP contribution in [0.2, 0.25) is 10.0 Å². The number of halogens is 3. The molecule has 0 amide bonds. The molecule has 0 heterocycles. The average molecular weight is 326 g/mol. The summed E-state index contributed by atoms with van der Waals surface area (Å²) in [7, 11) is 0. The largest absolute Gasteiger partial charge is 0.457 e. The van der Waals surface area contributed by atoms with Gasteiger partial charge in [-0.1, -0.05) is 29.3 Å². The van der Waals surface area contributed by atoms with Crippen molar-refractivity contribution in [3.05, 3.63) is 57.8 Å². The van der Waals surface area contributed by atoms with Crippen molar-refractivity contribution >= 4 is 23.2 Å². The summed E-state index contributed by atoms with van der Waals surface area (Å²) >= 11 is 11.9. The van der Waals surface area contributed by atoms with Crippen LogP contribution in [0, 0.1) is 5.82 Å². The Labute approximate surface area is 132 Å². The van der Waals surface area contributed by atoms with Gasteiger partial charge in [0.05, 0.1) is 5.02 Å². The fourth-order valence-electron chi connectivity index (χ4n) is 1.95. The summed E-state index contributed by atoms with van der Waals surface area (Å²) in [6.07, 6.45) is 2.47. The molecule has 21 heavy (non-hydrogen) atoms. The van der Waals surface area contributed by atoms with E-state index in [9.17, 15) is 4.39 Å². The van der Waals surface area contributed by atoms with Crippen LogP contribution in [0.25, 0.3) is 0 Å². The van der Waals surface area contributed by atoms with Crippen LogP contribution in [0.5, 0.6) is 11.5 Å². The molecule has 1 aliphatic rings. The van der Waals surface area contributed by atoms with Gasteiger partial charge in [-0.25, -0.2) is 4.39 Å². The normalized spacial score (nSPS) is 14.2. The molecule has 5 heteroatoms. The second-order valence-corrected chi connectivity index (χ2v) is 5.90. The summed E-state index contributed by atoms with van der Waals surface area (Å²) in [6.45, 7) is 0.749. The lowest BCUT2D eigenvalue weighted by atomic mass is 10.2. The molecular weight excluding hydrogens is 312 g/mol. The molecule has 1 saturated carbocycles. The number of rotatable bonds is 5. The topological polar surface area (TPSA) is 21.3 Å². The minimum Gasteiger partial charge on any atom is -0.457 e. The van der Waals surface area contributed by atoms with Crippen LogP contribution in [0.1, 0.15) is 18.4 Å². The van der Waals surface area contributed by atoms with Crippen molar-refractivity contribution in [1.29, 1.82) is 0 Å². The molecule has 0 atom stereocenters. The van der Waals surface area contributed by atoms with Crippen molar-refractivity contribution in [2.75, 3.05) is 0 Å². The number of nitrogens with one attached hydrogen (secondary N) is 1. The third kappa shape index (κ3) is 3.88. The SMILES string of the molecule is Fc1cc(Oc2ccc(CNC3CC3)c(Cl)c2)ccc1Cl. The van der Waals surface area contributed by atoms with Gasteiger partial charge in [0.2, 0.25) is 0 Å². The van der Waals surface area contributed by atoms with Gasteiger partial charge in [-0.15, -0.1) is 0 Å². The summed E-state index contributed by atoms with van der Waals surface area (Å²) < 4.78 is 18.9. The van der Waals surface area contributed by atoms with E-state index >= 15 is 0 Å². The Kier molecular flexibility index (Phi) is 4.34. The monoisotopic (exact) mass is 325 g/mol. The number of benzene rings is 2. The molecule has 0 bridgehead atoms. The molecule has 0 aromatic heterocycles. The molecule has 2 aromatic carbocycles. The van der Waals surface area contributed by atoms with E-state index in [0.717, 1.165) is 12.1 Å². The highest BCUT2D eigenvalue weighted by molar-refractivity contribution is 6.31. The first-order chi connectivity index (χ1) is 10.1. The van der Waals surface area contributed by atoms with E-state index in [1.807, 2.05) is 12.1 Å². The molecule has 1 fully saturated rings. The molecule has 1 aliphatic carbocycles. The fourth-order valence-corrected chi connectivity index (χ4v) is 2.31. The van der Waals surface area contributed by atoms with E-state index in [-0.39, 0.29) is 5.02 Å². The molecule has 110 valence electrons. The molecular formula is C16H14Cl2FNO. The van der Waals surface area contributed by atoms with Gasteiger partial charge >= 0.3 is 0 Å². The van der Waals surface area contributed by atoms with E-state index in [2.05, 4.69) is 5.32 Å². The van der Waals surface area contributed by atoms with E-state index in [4.69, 9.17) is 27.9 Å². The van der Waals surface area contributed by atoms with Crippen molar-refractivity contribution in [3.63, 3.8) is 0 Å². The third-order valence-electron chi connectivity index (χ3n) is 3.31. The van der Waals surface area contributed by atoms with Crippen LogP contribution in [0.3, 0.4) is 0 Å². The Hall–Kier alpha value is -1.29. The lowest BCUT2D eigenvalue weighted by Gasteiger charge is -2.10. The zero-order valence-electron chi connectivity index (χ0n) is 11.2. The van der Waals surface area contributed by atoms with Crippen LogP contribution >= 0.6 is 23.2 Å². The van der Waals surface area contributed by atoms with Crippen molar-refractivity contribution in [1.82, 2.24) is 5.32 Å². The quantitative estimate of drug-likeness (QED) is 0.818. The molecule has 2 aromatic rings. The summed E-state index contributed by atoms with van der Waals surface area (Å²) in [5.74, 6) is 0.444. The Morgan fingerprint density at radius 1 is 1.05 bits per heavy atom. The number of hydrogen-bond acceptors (Lipinski definition) is 2. The maximum Gasteiger partial charge on any atom is 0.145 e. The van der Waals surface area contributed by atoms with Gasteiger partial charge in [0.15, 0.2) is 0 Å². The second kappa shape index (κ2) is 6.22. The predicted octanol–water partition coefficient (Wildman–Crippen LogP) is 5.18. The van der Waals surface area contributed by atoms with E-state index in [1.165, 1.54) is 25.0 Å². The smallest absolute Gasteiger partial charge is 0.145 e. The standard InChI is InChI=1S/C16H14Cl2FNO/c17-14-6-5-13(8-16(14)19)21-12-4-1-10(15(18)7-12)9-20-11-2-3-11/h1,4-8,11,20H,2-3,9H2. The Bertz CT molecular complexity index is 659. The summed E-state index contributed by atoms with van der Waals surface area (Å²) in [5.41, 5.74) is 1.03. The van der Waals surface area contributed by atoms with Gasteiger partial charge in [-0.3, -0.25) is 0 Å². The summed E-state index contributed by atoms with van der Waals surface area (Å²) in [4.78, 5) is 0. The lowest BCUT2D eigenvalue weighted by molar-refractivity contribution is 0.476. The van der Waals surface area contributed by atoms with Crippen molar-refractivity contribution in [2.24, 2.45) is 0 Å². The van der Waals surface area contributed by atoms with Crippen LogP contribution in [0.15, 0.2) is 36.4 Å². The van der Waals surface area contributed by atoms with E-state index in [0.29, 0.717) is 22.6 Å². The van der Waals surface area contributed by atoms with Gasteiger partial charge in [0, 0.05) is 23.7 Å². The van der Waals surface area contributed by atoms with Crippen molar-refractivity contribution in [2.45, 2.75) is 25.4 Å². The summed E-state index contributed by atoms with van der Waals surface area (Å²) in [5, 5.41) is 4.11. The van der Waals surface area contributed by atoms with Gasteiger partial charge in [0.25, 0.3) is 0 Å². The van der Waals surface area contributed by atoms with Gasteiger partial charge in [-0.05, 0) is 42.7 Å². The number of hydrogen-bond donors (Lipinski definition) is 1. The Morgan fingerprint density at radius 3 is 2.43 bits per heavy atom. The predicted molar refractivity (Wildman–Crippen MR) is 82.8 cm³/mol. The highest BCUT2D eigenvalue weighted by Gasteiger charge is 2.20. The highest BCUT2D eigenvalue weighted by Crippen LogP contribution is 2.29. The molecule has 0 unspecified atom stereocenters. The van der Waals surface area contributed by atoms with Crippen molar-refractivity contribution in [3.8, 4) is 11.5 Å². The number of ether oxygens (including phenoxy) is 1. The molecule has 0 saturated heterocycles. The zero-order chi connectivity index (χ0) is 14.8. The highest BCUT2D eigenvalue weighted by atomic mass is 35.5. The van der Waals surface area contributed by atoms with Gasteiger partial charge < -0.3 is 10.1 Å². The van der Waals surface area contributed by atoms with Crippen LogP contribution in [-0.4, -0.2) is 6.04 Å². The maximum atomic E-state index is 13.4. The van der Waals surface area contributed by atoms with E-state index in [1.54, 1.807) is 12.1 Å². The lowest BCUT2D eigenvalue weighted by Crippen LogP contribution is -2.15. The maximum absolute atomic E-state index is 13.4. The molecule has 0 spiro atoms. The molecule has 2 nitrogen and oxygen atoms in total. The first-order valence-corrected chi connectivity index (χ1v) is 7.52. The Morgan fingerprint density at radius 2 is 1.76 bits per heavy atom. The fraction of sp³-hybridized carbons (Fsp3) is 0.250. The molecule has 0 aliphatic heterocycles.